The van der Waals surface area contributed by atoms with Gasteiger partial charge >= 0.3 is 0 Å². The number of nitrogens with two attached hydrogens (primary N) is 1. The fraction of sp³-hybridized carbons (Fsp3) is 0.545. The highest BCUT2D eigenvalue weighted by Crippen LogP contribution is 2.32. The van der Waals surface area contributed by atoms with E-state index in [0.29, 0.717) is 11.6 Å². The zero-order valence-corrected chi connectivity index (χ0v) is 8.93. The number of anilines is 2. The lowest BCUT2D eigenvalue weighted by atomic mass is 10.0. The van der Waals surface area contributed by atoms with E-state index >= 15 is 0 Å². The third-order valence-corrected chi connectivity index (χ3v) is 3.21. The number of rotatable bonds is 2. The van der Waals surface area contributed by atoms with Crippen LogP contribution in [0, 0.1) is 5.92 Å². The van der Waals surface area contributed by atoms with E-state index in [9.17, 15) is 5.11 Å². The molecule has 1 aromatic rings. The van der Waals surface area contributed by atoms with Crippen LogP contribution in [0.25, 0.3) is 0 Å². The summed E-state index contributed by atoms with van der Waals surface area (Å²) >= 11 is 0. The summed E-state index contributed by atoms with van der Waals surface area (Å²) in [6.45, 7) is 3.31. The van der Waals surface area contributed by atoms with Crippen molar-refractivity contribution in [3.05, 3.63) is 18.5 Å². The maximum absolute atomic E-state index is 9.36. The number of nitrogens with zero attached hydrogens (tertiary/aromatic N) is 2. The van der Waals surface area contributed by atoms with Crippen LogP contribution in [0.15, 0.2) is 18.5 Å². The molecule has 0 bridgehead atoms. The second kappa shape index (κ2) is 4.06. The predicted octanol–water partition coefficient (Wildman–Crippen LogP) is 0.871. The summed E-state index contributed by atoms with van der Waals surface area (Å²) in [5, 5.41) is 9.36. The Morgan fingerprint density at radius 3 is 3.13 bits per heavy atom. The maximum atomic E-state index is 9.36. The minimum Gasteiger partial charge on any atom is -0.396 e. The highest BCUT2D eigenvalue weighted by atomic mass is 16.3. The minimum atomic E-state index is 0.183. The zero-order valence-electron chi connectivity index (χ0n) is 8.93. The van der Waals surface area contributed by atoms with Crippen LogP contribution in [0.1, 0.15) is 13.3 Å². The molecular weight excluding hydrogens is 190 g/mol. The first kappa shape index (κ1) is 10.2. The highest BCUT2D eigenvalue weighted by Gasteiger charge is 2.31. The number of nitrogen functional groups attached to an aromatic ring is 1. The Morgan fingerprint density at radius 1 is 1.67 bits per heavy atom. The molecule has 1 aromatic heterocycles. The van der Waals surface area contributed by atoms with Crippen LogP contribution in [0.2, 0.25) is 0 Å². The van der Waals surface area contributed by atoms with Crippen molar-refractivity contribution in [2.24, 2.45) is 5.92 Å². The first-order valence-electron chi connectivity index (χ1n) is 5.31. The fourth-order valence-electron chi connectivity index (χ4n) is 2.25. The van der Waals surface area contributed by atoms with Gasteiger partial charge in [-0.3, -0.25) is 4.98 Å². The molecule has 0 aliphatic carbocycles. The molecule has 4 nitrogen and oxygen atoms in total. The molecule has 0 spiro atoms. The Hall–Kier alpha value is -1.29. The average Bonchev–Trinajstić information content (AvgIpc) is 2.60. The summed E-state index contributed by atoms with van der Waals surface area (Å²) in [7, 11) is 0. The van der Waals surface area contributed by atoms with Crippen LogP contribution in [-0.2, 0) is 0 Å². The van der Waals surface area contributed by atoms with E-state index in [-0.39, 0.29) is 12.6 Å². The fourth-order valence-corrected chi connectivity index (χ4v) is 2.25. The van der Waals surface area contributed by atoms with Crippen molar-refractivity contribution in [3.8, 4) is 0 Å². The number of aliphatic hydroxyl groups is 1. The van der Waals surface area contributed by atoms with Crippen molar-refractivity contribution >= 4 is 11.4 Å². The van der Waals surface area contributed by atoms with Crippen molar-refractivity contribution in [2.45, 2.75) is 19.4 Å². The Kier molecular flexibility index (Phi) is 2.77. The van der Waals surface area contributed by atoms with Crippen LogP contribution >= 0.6 is 0 Å². The van der Waals surface area contributed by atoms with Gasteiger partial charge in [0.15, 0.2) is 0 Å². The van der Waals surface area contributed by atoms with Gasteiger partial charge in [0, 0.05) is 12.7 Å². The lowest BCUT2D eigenvalue weighted by Crippen LogP contribution is -2.35. The largest absolute Gasteiger partial charge is 0.396 e. The monoisotopic (exact) mass is 207 g/mol. The van der Waals surface area contributed by atoms with E-state index < -0.39 is 0 Å². The summed E-state index contributed by atoms with van der Waals surface area (Å²) in [4.78, 5) is 6.15. The average molecular weight is 207 g/mol. The third kappa shape index (κ3) is 1.77. The number of pyridine rings is 1. The van der Waals surface area contributed by atoms with Gasteiger partial charge in [-0.05, 0) is 18.4 Å². The summed E-state index contributed by atoms with van der Waals surface area (Å²) in [6, 6.07) is 2.10. The molecule has 1 aliphatic rings. The molecule has 4 heteroatoms. The first-order chi connectivity index (χ1) is 7.24. The van der Waals surface area contributed by atoms with E-state index in [1.54, 1.807) is 12.4 Å². The van der Waals surface area contributed by atoms with Gasteiger partial charge in [0.05, 0.1) is 30.2 Å². The van der Waals surface area contributed by atoms with Gasteiger partial charge in [0.25, 0.3) is 0 Å². The number of aromatic nitrogens is 1. The van der Waals surface area contributed by atoms with Crippen LogP contribution in [0.3, 0.4) is 0 Å². The molecule has 3 N–H and O–H groups in total. The SMILES string of the molecule is CC1CCN(c2ccncc2N)C1CO. The van der Waals surface area contributed by atoms with E-state index in [2.05, 4.69) is 16.8 Å². The number of hydrogen-bond donors (Lipinski definition) is 2. The van der Waals surface area contributed by atoms with Crippen molar-refractivity contribution in [2.75, 3.05) is 23.8 Å². The molecule has 1 saturated heterocycles. The summed E-state index contributed by atoms with van der Waals surface area (Å²) in [6.07, 6.45) is 4.50. The van der Waals surface area contributed by atoms with Gasteiger partial charge in [-0.25, -0.2) is 0 Å². The molecule has 1 aliphatic heterocycles. The minimum absolute atomic E-state index is 0.183. The molecule has 2 heterocycles. The smallest absolute Gasteiger partial charge is 0.0738 e. The van der Waals surface area contributed by atoms with Crippen LogP contribution in [0.5, 0.6) is 0 Å². The van der Waals surface area contributed by atoms with Crippen molar-refractivity contribution in [1.82, 2.24) is 4.98 Å². The third-order valence-electron chi connectivity index (χ3n) is 3.21. The highest BCUT2D eigenvalue weighted by molar-refractivity contribution is 5.67. The lowest BCUT2D eigenvalue weighted by molar-refractivity contribution is 0.245. The maximum Gasteiger partial charge on any atom is 0.0738 e. The molecular formula is C11H17N3O. The Balaban J connectivity index is 2.28. The number of hydrogen-bond acceptors (Lipinski definition) is 4. The first-order valence-corrected chi connectivity index (χ1v) is 5.31. The standard InChI is InChI=1S/C11H17N3O/c1-8-3-5-14(11(8)7-15)10-2-4-13-6-9(10)12/h2,4,6,8,11,15H,3,5,7,12H2,1H3. The second-order valence-corrected chi connectivity index (χ2v) is 4.14. The molecule has 0 saturated carbocycles. The van der Waals surface area contributed by atoms with Gasteiger partial charge in [-0.1, -0.05) is 6.92 Å². The Bertz CT molecular complexity index is 342. The predicted molar refractivity (Wildman–Crippen MR) is 60.7 cm³/mol. The van der Waals surface area contributed by atoms with E-state index in [1.165, 1.54) is 0 Å². The van der Waals surface area contributed by atoms with Crippen molar-refractivity contribution in [1.29, 1.82) is 0 Å². The van der Waals surface area contributed by atoms with Crippen LogP contribution in [-0.4, -0.2) is 29.3 Å². The van der Waals surface area contributed by atoms with Crippen molar-refractivity contribution < 1.29 is 5.11 Å². The molecule has 2 unspecified atom stereocenters. The quantitative estimate of drug-likeness (QED) is 0.755. The van der Waals surface area contributed by atoms with Crippen LogP contribution < -0.4 is 10.6 Å². The molecule has 0 aromatic carbocycles. The summed E-state index contributed by atoms with van der Waals surface area (Å²) in [5.74, 6) is 0.516. The summed E-state index contributed by atoms with van der Waals surface area (Å²) < 4.78 is 0. The van der Waals surface area contributed by atoms with Gasteiger partial charge in [-0.2, -0.15) is 0 Å². The van der Waals surface area contributed by atoms with E-state index in [0.717, 1.165) is 18.7 Å². The molecule has 15 heavy (non-hydrogen) atoms. The van der Waals surface area contributed by atoms with E-state index in [1.807, 2.05) is 6.07 Å². The Morgan fingerprint density at radius 2 is 2.47 bits per heavy atom. The van der Waals surface area contributed by atoms with Gasteiger partial charge in [0.2, 0.25) is 0 Å². The number of aliphatic hydroxyl groups excluding tert-OH is 1. The topological polar surface area (TPSA) is 62.4 Å². The molecule has 0 radical (unpaired) electrons. The van der Waals surface area contributed by atoms with Gasteiger partial charge in [-0.15, -0.1) is 0 Å². The lowest BCUT2D eigenvalue weighted by Gasteiger charge is -2.28. The van der Waals surface area contributed by atoms with Crippen molar-refractivity contribution in [3.63, 3.8) is 0 Å². The molecule has 82 valence electrons. The molecule has 2 rings (SSSR count). The molecule has 1 fully saturated rings. The zero-order chi connectivity index (χ0) is 10.8. The van der Waals surface area contributed by atoms with Gasteiger partial charge in [0.1, 0.15) is 0 Å². The van der Waals surface area contributed by atoms with Gasteiger partial charge < -0.3 is 15.7 Å². The van der Waals surface area contributed by atoms with E-state index in [4.69, 9.17) is 5.73 Å². The second-order valence-electron chi connectivity index (χ2n) is 4.14. The normalized spacial score (nSPS) is 25.9. The summed E-state index contributed by atoms with van der Waals surface area (Å²) in [5.41, 5.74) is 7.56. The Labute approximate surface area is 89.7 Å². The molecule has 0 amide bonds. The van der Waals surface area contributed by atoms with Crippen LogP contribution in [0.4, 0.5) is 11.4 Å². The molecule has 2 atom stereocenters.